The molecule has 0 saturated carbocycles. The van der Waals surface area contributed by atoms with Crippen LogP contribution in [-0.2, 0) is 6.54 Å². The summed E-state index contributed by atoms with van der Waals surface area (Å²) in [5.74, 6) is 0.244. The maximum Gasteiger partial charge on any atom is 0.387 e. The van der Waals surface area contributed by atoms with E-state index < -0.39 is 6.61 Å². The number of likely N-dealkylation sites (tertiary alicyclic amines) is 1. The number of ether oxygens (including phenoxy) is 1. The third-order valence-electron chi connectivity index (χ3n) is 4.38. The average Bonchev–Trinajstić information content (AvgIpc) is 3.00. The first-order chi connectivity index (χ1) is 9.65. The molecule has 1 unspecified atom stereocenters. The Morgan fingerprint density at radius 3 is 3.00 bits per heavy atom. The van der Waals surface area contributed by atoms with Crippen LogP contribution < -0.4 is 10.1 Å². The van der Waals surface area contributed by atoms with Crippen molar-refractivity contribution in [2.24, 2.45) is 5.41 Å². The highest BCUT2D eigenvalue weighted by atomic mass is 19.3. The number of nitrogens with one attached hydrogen (secondary N) is 1. The van der Waals surface area contributed by atoms with Crippen LogP contribution in [0.2, 0.25) is 0 Å². The summed E-state index contributed by atoms with van der Waals surface area (Å²) in [7, 11) is 0. The molecule has 2 fully saturated rings. The molecule has 1 spiro atoms. The predicted octanol–water partition coefficient (Wildman–Crippen LogP) is 2.47. The van der Waals surface area contributed by atoms with Crippen molar-refractivity contribution in [2.75, 3.05) is 26.2 Å². The third-order valence-corrected chi connectivity index (χ3v) is 4.38. The van der Waals surface area contributed by atoms with E-state index >= 15 is 0 Å². The molecule has 2 heterocycles. The van der Waals surface area contributed by atoms with Crippen LogP contribution >= 0.6 is 0 Å². The quantitative estimate of drug-likeness (QED) is 0.918. The molecule has 3 nitrogen and oxygen atoms in total. The molecule has 2 aliphatic heterocycles. The number of alkyl halides is 2. The zero-order valence-electron chi connectivity index (χ0n) is 11.4. The summed E-state index contributed by atoms with van der Waals surface area (Å²) in [5, 5.41) is 3.44. The molecule has 3 rings (SSSR count). The van der Waals surface area contributed by atoms with Gasteiger partial charge in [0.15, 0.2) is 0 Å². The molecule has 0 aliphatic carbocycles. The van der Waals surface area contributed by atoms with Gasteiger partial charge in [0.2, 0.25) is 0 Å². The van der Waals surface area contributed by atoms with Crippen molar-refractivity contribution < 1.29 is 13.5 Å². The Morgan fingerprint density at radius 2 is 2.25 bits per heavy atom. The van der Waals surface area contributed by atoms with Gasteiger partial charge in [0.1, 0.15) is 5.75 Å². The zero-order chi connectivity index (χ0) is 14.0. The second-order valence-corrected chi connectivity index (χ2v) is 5.91. The van der Waals surface area contributed by atoms with E-state index in [2.05, 4.69) is 15.0 Å². The predicted molar refractivity (Wildman–Crippen MR) is 72.9 cm³/mol. The summed E-state index contributed by atoms with van der Waals surface area (Å²) in [6.07, 6.45) is 2.48. The first kappa shape index (κ1) is 13.8. The summed E-state index contributed by atoms with van der Waals surface area (Å²) in [6.45, 7) is 2.46. The van der Waals surface area contributed by atoms with E-state index in [0.717, 1.165) is 38.3 Å². The fourth-order valence-corrected chi connectivity index (χ4v) is 3.38. The fraction of sp³-hybridized carbons (Fsp3) is 0.600. The normalized spacial score (nSPS) is 26.8. The third kappa shape index (κ3) is 3.10. The maximum absolute atomic E-state index is 12.2. The molecular formula is C15H20F2N2O. The smallest absolute Gasteiger partial charge is 0.387 e. The molecule has 1 aromatic carbocycles. The molecular weight excluding hydrogens is 262 g/mol. The summed E-state index contributed by atoms with van der Waals surface area (Å²) < 4.78 is 28.9. The van der Waals surface area contributed by atoms with Crippen molar-refractivity contribution in [1.29, 1.82) is 0 Å². The minimum absolute atomic E-state index is 0.244. The van der Waals surface area contributed by atoms with E-state index in [1.165, 1.54) is 12.8 Å². The molecule has 0 amide bonds. The molecule has 1 N–H and O–H groups in total. The Balaban J connectivity index is 1.61. The van der Waals surface area contributed by atoms with Crippen LogP contribution in [0.25, 0.3) is 0 Å². The maximum atomic E-state index is 12.2. The molecule has 20 heavy (non-hydrogen) atoms. The van der Waals surface area contributed by atoms with Gasteiger partial charge in [0.05, 0.1) is 0 Å². The number of rotatable bonds is 4. The summed E-state index contributed by atoms with van der Waals surface area (Å²) in [6, 6.07) is 7.03. The van der Waals surface area contributed by atoms with Gasteiger partial charge >= 0.3 is 6.61 Å². The first-order valence-electron chi connectivity index (χ1n) is 7.12. The molecule has 1 aromatic rings. The van der Waals surface area contributed by atoms with Crippen molar-refractivity contribution in [2.45, 2.75) is 26.0 Å². The lowest BCUT2D eigenvalue weighted by atomic mass is 9.86. The largest absolute Gasteiger partial charge is 0.435 e. The molecule has 2 saturated heterocycles. The van der Waals surface area contributed by atoms with E-state index in [4.69, 9.17) is 0 Å². The minimum atomic E-state index is -2.76. The number of halogens is 2. The summed E-state index contributed by atoms with van der Waals surface area (Å²) in [4.78, 5) is 2.41. The molecule has 0 aromatic heterocycles. The molecule has 0 radical (unpaired) electrons. The van der Waals surface area contributed by atoms with Gasteiger partial charge in [-0.25, -0.2) is 0 Å². The van der Waals surface area contributed by atoms with Gasteiger partial charge in [0.25, 0.3) is 0 Å². The molecule has 1 atom stereocenters. The average molecular weight is 282 g/mol. The van der Waals surface area contributed by atoms with Crippen LogP contribution in [0.15, 0.2) is 24.3 Å². The number of hydrogen-bond acceptors (Lipinski definition) is 3. The summed E-state index contributed by atoms with van der Waals surface area (Å²) >= 11 is 0. The Morgan fingerprint density at radius 1 is 1.35 bits per heavy atom. The van der Waals surface area contributed by atoms with E-state index in [1.807, 2.05) is 6.07 Å². The highest BCUT2D eigenvalue weighted by Gasteiger charge is 2.39. The number of benzene rings is 1. The Kier molecular flexibility index (Phi) is 3.89. The van der Waals surface area contributed by atoms with Crippen LogP contribution in [0.5, 0.6) is 5.75 Å². The van der Waals surface area contributed by atoms with Gasteiger partial charge in [-0.05, 0) is 49.0 Å². The minimum Gasteiger partial charge on any atom is -0.435 e. The zero-order valence-corrected chi connectivity index (χ0v) is 11.4. The number of nitrogens with zero attached hydrogens (tertiary/aromatic N) is 1. The first-order valence-corrected chi connectivity index (χ1v) is 7.12. The molecule has 5 heteroatoms. The van der Waals surface area contributed by atoms with Crippen molar-refractivity contribution in [3.63, 3.8) is 0 Å². The van der Waals surface area contributed by atoms with Gasteiger partial charge < -0.3 is 10.1 Å². The summed E-state index contributed by atoms with van der Waals surface area (Å²) in [5.41, 5.74) is 1.48. The van der Waals surface area contributed by atoms with Gasteiger partial charge in [0, 0.05) is 19.6 Å². The highest BCUT2D eigenvalue weighted by Crippen LogP contribution is 2.36. The fourth-order valence-electron chi connectivity index (χ4n) is 3.38. The second kappa shape index (κ2) is 5.66. The molecule has 110 valence electrons. The van der Waals surface area contributed by atoms with Crippen molar-refractivity contribution in [3.8, 4) is 5.75 Å². The lowest BCUT2D eigenvalue weighted by Gasteiger charge is -2.23. The lowest BCUT2D eigenvalue weighted by molar-refractivity contribution is -0.0499. The van der Waals surface area contributed by atoms with E-state index in [1.54, 1.807) is 18.2 Å². The highest BCUT2D eigenvalue weighted by molar-refractivity contribution is 5.28. The van der Waals surface area contributed by atoms with Gasteiger partial charge in [-0.3, -0.25) is 4.90 Å². The Bertz CT molecular complexity index is 461. The SMILES string of the molecule is FC(F)Oc1cccc(CN2CCC3(CCNC3)C2)c1. The van der Waals surface area contributed by atoms with Crippen LogP contribution in [0.4, 0.5) is 8.78 Å². The van der Waals surface area contributed by atoms with Crippen LogP contribution in [-0.4, -0.2) is 37.7 Å². The Labute approximate surface area is 117 Å². The van der Waals surface area contributed by atoms with E-state index in [9.17, 15) is 8.78 Å². The molecule has 0 bridgehead atoms. The van der Waals surface area contributed by atoms with E-state index in [0.29, 0.717) is 5.41 Å². The van der Waals surface area contributed by atoms with Crippen molar-refractivity contribution >= 4 is 0 Å². The van der Waals surface area contributed by atoms with Gasteiger partial charge in [-0.2, -0.15) is 8.78 Å². The van der Waals surface area contributed by atoms with Crippen LogP contribution in [0.1, 0.15) is 18.4 Å². The van der Waals surface area contributed by atoms with Crippen molar-refractivity contribution in [3.05, 3.63) is 29.8 Å². The van der Waals surface area contributed by atoms with E-state index in [-0.39, 0.29) is 5.75 Å². The lowest BCUT2D eigenvalue weighted by Crippen LogP contribution is -2.28. The second-order valence-electron chi connectivity index (χ2n) is 5.91. The van der Waals surface area contributed by atoms with Crippen LogP contribution in [0, 0.1) is 5.41 Å². The molecule has 2 aliphatic rings. The Hall–Kier alpha value is -1.20. The monoisotopic (exact) mass is 282 g/mol. The standard InChI is InChI=1S/C15H20F2N2O/c16-14(17)20-13-3-1-2-12(8-13)9-19-7-5-15(11-19)4-6-18-10-15/h1-3,8,14,18H,4-7,9-11H2. The van der Waals surface area contributed by atoms with Gasteiger partial charge in [-0.15, -0.1) is 0 Å². The van der Waals surface area contributed by atoms with Crippen molar-refractivity contribution in [1.82, 2.24) is 10.2 Å². The number of hydrogen-bond donors (Lipinski definition) is 1. The van der Waals surface area contributed by atoms with Crippen LogP contribution in [0.3, 0.4) is 0 Å². The van der Waals surface area contributed by atoms with Gasteiger partial charge in [-0.1, -0.05) is 12.1 Å². The topological polar surface area (TPSA) is 24.5 Å².